The summed E-state index contributed by atoms with van der Waals surface area (Å²) >= 11 is 0. The Labute approximate surface area is 122 Å². The van der Waals surface area contributed by atoms with E-state index in [1.807, 2.05) is 4.90 Å². The van der Waals surface area contributed by atoms with Gasteiger partial charge >= 0.3 is 0 Å². The van der Waals surface area contributed by atoms with Crippen LogP contribution in [0.2, 0.25) is 0 Å². The van der Waals surface area contributed by atoms with E-state index in [4.69, 9.17) is 5.73 Å². The van der Waals surface area contributed by atoms with Crippen molar-refractivity contribution in [2.45, 2.75) is 46.0 Å². The number of hydrogen-bond acceptors (Lipinski definition) is 3. The molecule has 0 aromatic heterocycles. The van der Waals surface area contributed by atoms with Gasteiger partial charge in [-0.25, -0.2) is 0 Å². The molecule has 0 radical (unpaired) electrons. The molecule has 2 amide bonds. The van der Waals surface area contributed by atoms with Crippen LogP contribution in [0, 0.1) is 0 Å². The maximum atomic E-state index is 11.9. The Bertz CT molecular complexity index is 244. The molecule has 0 aromatic carbocycles. The Hall–Kier alpha value is -0.810. The first-order valence-corrected chi connectivity index (χ1v) is 6.90. The number of nitrogens with two attached hydrogens (primary N) is 1. The van der Waals surface area contributed by atoms with Crippen LogP contribution in [0.3, 0.4) is 0 Å². The first-order chi connectivity index (χ1) is 8.65. The molecule has 0 aliphatic rings. The molecule has 0 atom stereocenters. The van der Waals surface area contributed by atoms with Gasteiger partial charge in [-0.1, -0.05) is 13.8 Å². The molecular weight excluding hydrogens is 266 g/mol. The molecule has 0 spiro atoms. The van der Waals surface area contributed by atoms with E-state index < -0.39 is 0 Å². The number of hydrogen-bond donors (Lipinski definition) is 2. The second-order valence-corrected chi connectivity index (χ2v) is 4.37. The summed E-state index contributed by atoms with van der Waals surface area (Å²) in [4.78, 5) is 25.1. The van der Waals surface area contributed by atoms with Crippen molar-refractivity contribution in [2.24, 2.45) is 5.73 Å². The highest BCUT2D eigenvalue weighted by molar-refractivity contribution is 5.85. The van der Waals surface area contributed by atoms with Crippen LogP contribution in [0.1, 0.15) is 46.0 Å². The molecule has 114 valence electrons. The van der Waals surface area contributed by atoms with Crippen LogP contribution in [0.15, 0.2) is 0 Å². The molecule has 0 saturated heterocycles. The predicted octanol–water partition coefficient (Wildman–Crippen LogP) is 1.30. The smallest absolute Gasteiger partial charge is 0.222 e. The van der Waals surface area contributed by atoms with Crippen LogP contribution in [0.25, 0.3) is 0 Å². The van der Waals surface area contributed by atoms with Gasteiger partial charge in [-0.2, -0.15) is 0 Å². The van der Waals surface area contributed by atoms with E-state index in [1.165, 1.54) is 0 Å². The molecule has 0 heterocycles. The fourth-order valence-corrected chi connectivity index (χ4v) is 1.76. The largest absolute Gasteiger partial charge is 0.355 e. The van der Waals surface area contributed by atoms with Gasteiger partial charge in [0.05, 0.1) is 0 Å². The van der Waals surface area contributed by atoms with E-state index in [0.29, 0.717) is 32.4 Å². The first-order valence-electron chi connectivity index (χ1n) is 6.90. The maximum Gasteiger partial charge on any atom is 0.222 e. The van der Waals surface area contributed by atoms with Crippen molar-refractivity contribution in [3.63, 3.8) is 0 Å². The fourth-order valence-electron chi connectivity index (χ4n) is 1.76. The highest BCUT2D eigenvalue weighted by Gasteiger charge is 2.11. The third-order valence-corrected chi connectivity index (χ3v) is 2.60. The van der Waals surface area contributed by atoms with Crippen LogP contribution in [0.4, 0.5) is 0 Å². The van der Waals surface area contributed by atoms with Crippen molar-refractivity contribution >= 4 is 24.2 Å². The van der Waals surface area contributed by atoms with E-state index in [2.05, 4.69) is 19.2 Å². The van der Waals surface area contributed by atoms with Crippen molar-refractivity contribution in [1.29, 1.82) is 0 Å². The van der Waals surface area contributed by atoms with Gasteiger partial charge in [-0.05, 0) is 19.3 Å². The summed E-state index contributed by atoms with van der Waals surface area (Å²) < 4.78 is 0. The van der Waals surface area contributed by atoms with Crippen molar-refractivity contribution < 1.29 is 9.59 Å². The van der Waals surface area contributed by atoms with E-state index in [0.717, 1.165) is 25.9 Å². The summed E-state index contributed by atoms with van der Waals surface area (Å²) in [7, 11) is 0. The lowest BCUT2D eigenvalue weighted by Crippen LogP contribution is -2.33. The molecule has 19 heavy (non-hydrogen) atoms. The van der Waals surface area contributed by atoms with E-state index in [-0.39, 0.29) is 24.2 Å². The zero-order valence-corrected chi connectivity index (χ0v) is 12.9. The van der Waals surface area contributed by atoms with E-state index in [1.54, 1.807) is 0 Å². The molecule has 0 saturated carbocycles. The number of amides is 2. The lowest BCUT2D eigenvalue weighted by atomic mass is 10.2. The molecule has 0 fully saturated rings. The topological polar surface area (TPSA) is 75.4 Å². The normalized spacial score (nSPS) is 9.63. The van der Waals surface area contributed by atoms with Gasteiger partial charge in [-0.3, -0.25) is 9.59 Å². The Morgan fingerprint density at radius 1 is 1.11 bits per heavy atom. The van der Waals surface area contributed by atoms with Crippen LogP contribution < -0.4 is 11.1 Å². The molecular formula is C13H28ClN3O2. The van der Waals surface area contributed by atoms with Gasteiger partial charge in [-0.15, -0.1) is 12.4 Å². The average Bonchev–Trinajstić information content (AvgIpc) is 2.36. The molecule has 0 rings (SSSR count). The minimum Gasteiger partial charge on any atom is -0.355 e. The number of rotatable bonds is 10. The molecule has 0 aliphatic heterocycles. The highest BCUT2D eigenvalue weighted by atomic mass is 35.5. The second kappa shape index (κ2) is 13.6. The summed E-state index contributed by atoms with van der Waals surface area (Å²) in [6.07, 6.45) is 3.42. The SMILES string of the molecule is CCCN(CCC)C(=O)CCCC(=O)NCCN.Cl. The average molecular weight is 294 g/mol. The van der Waals surface area contributed by atoms with Crippen LogP contribution in [-0.2, 0) is 9.59 Å². The van der Waals surface area contributed by atoms with Crippen molar-refractivity contribution in [1.82, 2.24) is 10.2 Å². The van der Waals surface area contributed by atoms with E-state index in [9.17, 15) is 9.59 Å². The van der Waals surface area contributed by atoms with Gasteiger partial charge < -0.3 is 16.0 Å². The Balaban J connectivity index is 0. The Kier molecular flexibility index (Phi) is 14.7. The molecule has 6 heteroatoms. The standard InChI is InChI=1S/C13H27N3O2.ClH/c1-3-10-16(11-4-2)13(18)7-5-6-12(17)15-9-8-14;/h3-11,14H2,1-2H3,(H,15,17);1H. The number of halogens is 1. The summed E-state index contributed by atoms with van der Waals surface area (Å²) in [6, 6.07) is 0. The second-order valence-electron chi connectivity index (χ2n) is 4.37. The number of carbonyl (C=O) groups excluding carboxylic acids is 2. The monoisotopic (exact) mass is 293 g/mol. The maximum absolute atomic E-state index is 11.9. The molecule has 0 unspecified atom stereocenters. The van der Waals surface area contributed by atoms with Gasteiger partial charge in [0.2, 0.25) is 11.8 Å². The van der Waals surface area contributed by atoms with Gasteiger partial charge in [0, 0.05) is 39.0 Å². The predicted molar refractivity (Wildman–Crippen MR) is 80.3 cm³/mol. The van der Waals surface area contributed by atoms with Crippen molar-refractivity contribution in [2.75, 3.05) is 26.2 Å². The Morgan fingerprint density at radius 3 is 2.16 bits per heavy atom. The third kappa shape index (κ3) is 10.8. The van der Waals surface area contributed by atoms with Gasteiger partial charge in [0.1, 0.15) is 0 Å². The van der Waals surface area contributed by atoms with Gasteiger partial charge in [0.25, 0.3) is 0 Å². The minimum absolute atomic E-state index is 0. The minimum atomic E-state index is -0.0224. The lowest BCUT2D eigenvalue weighted by Gasteiger charge is -2.21. The molecule has 0 bridgehead atoms. The number of carbonyl (C=O) groups is 2. The summed E-state index contributed by atoms with van der Waals surface area (Å²) in [5.41, 5.74) is 5.28. The van der Waals surface area contributed by atoms with E-state index >= 15 is 0 Å². The zero-order chi connectivity index (χ0) is 13.8. The quantitative estimate of drug-likeness (QED) is 0.637. The molecule has 3 N–H and O–H groups in total. The van der Waals surface area contributed by atoms with Crippen LogP contribution in [-0.4, -0.2) is 42.9 Å². The summed E-state index contributed by atoms with van der Waals surface area (Å²) in [5, 5.41) is 2.70. The van der Waals surface area contributed by atoms with Crippen molar-refractivity contribution in [3.05, 3.63) is 0 Å². The third-order valence-electron chi connectivity index (χ3n) is 2.60. The molecule has 0 aromatic rings. The van der Waals surface area contributed by atoms with Crippen LogP contribution in [0.5, 0.6) is 0 Å². The van der Waals surface area contributed by atoms with Crippen LogP contribution >= 0.6 is 12.4 Å². The lowest BCUT2D eigenvalue weighted by molar-refractivity contribution is -0.131. The first kappa shape index (κ1) is 20.5. The van der Waals surface area contributed by atoms with Gasteiger partial charge in [0.15, 0.2) is 0 Å². The summed E-state index contributed by atoms with van der Waals surface area (Å²) in [6.45, 7) is 6.71. The molecule has 5 nitrogen and oxygen atoms in total. The Morgan fingerprint density at radius 2 is 1.68 bits per heavy atom. The molecule has 0 aliphatic carbocycles. The fraction of sp³-hybridized carbons (Fsp3) is 0.846. The highest BCUT2D eigenvalue weighted by Crippen LogP contribution is 2.03. The number of nitrogens with zero attached hydrogens (tertiary/aromatic N) is 1. The number of nitrogens with one attached hydrogen (secondary N) is 1. The summed E-state index contributed by atoms with van der Waals surface area (Å²) in [5.74, 6) is 0.135. The van der Waals surface area contributed by atoms with Crippen molar-refractivity contribution in [3.8, 4) is 0 Å². The zero-order valence-electron chi connectivity index (χ0n) is 12.1.